The van der Waals surface area contributed by atoms with E-state index in [0.29, 0.717) is 5.02 Å². The Bertz CT molecular complexity index is 1600. The minimum Gasteiger partial charge on any atom is -0.309 e. The highest BCUT2D eigenvalue weighted by Crippen LogP contribution is 2.49. The van der Waals surface area contributed by atoms with E-state index in [1.165, 1.54) is 5.56 Å². The number of nitrogens with zero attached hydrogens (tertiary/aromatic N) is 1. The summed E-state index contributed by atoms with van der Waals surface area (Å²) in [5, 5.41) is 0.619. The number of hydrogen-bond acceptors (Lipinski definition) is 1. The molecule has 0 radical (unpaired) electrons. The molecular formula is C38H37ClFN. The van der Waals surface area contributed by atoms with Crippen LogP contribution in [0.15, 0.2) is 115 Å². The van der Waals surface area contributed by atoms with Gasteiger partial charge < -0.3 is 4.90 Å². The van der Waals surface area contributed by atoms with Gasteiger partial charge in [-0.1, -0.05) is 120 Å². The van der Waals surface area contributed by atoms with E-state index < -0.39 is 0 Å². The third-order valence-corrected chi connectivity index (χ3v) is 7.68. The average Bonchev–Trinajstić information content (AvgIpc) is 2.93. The molecular weight excluding hydrogens is 525 g/mol. The third-order valence-electron chi connectivity index (χ3n) is 7.44. The second kappa shape index (κ2) is 11.2. The maximum Gasteiger partial charge on any atom is 0.125 e. The summed E-state index contributed by atoms with van der Waals surface area (Å²) in [5.41, 5.74) is 8.71. The van der Waals surface area contributed by atoms with Gasteiger partial charge >= 0.3 is 0 Å². The van der Waals surface area contributed by atoms with Gasteiger partial charge in [-0.25, -0.2) is 4.39 Å². The minimum absolute atomic E-state index is 0.0925. The summed E-state index contributed by atoms with van der Waals surface area (Å²) in [5.74, 6) is -0.270. The molecule has 0 aromatic heterocycles. The number of anilines is 3. The SMILES string of the molecule is CC(C)(C)c1cc(F)cc(N(c2cccc(Cl)c2)c2c(-c3ccccc3)cc(C(C)(C)C)cc2-c2ccccc2)c1. The molecule has 0 aliphatic carbocycles. The standard InChI is InChI=1S/C38H37ClFN/c1-37(2,3)28-20-31(40)25-33(21-28)41(32-19-13-18-30(39)24-32)36-34(26-14-9-7-10-15-26)22-29(38(4,5)6)23-35(36)27-16-11-8-12-17-27/h7-25H,1-6H3. The first-order valence-electron chi connectivity index (χ1n) is 14.1. The van der Waals surface area contributed by atoms with E-state index in [-0.39, 0.29) is 16.6 Å². The first kappa shape index (κ1) is 28.6. The van der Waals surface area contributed by atoms with Gasteiger partial charge in [0, 0.05) is 27.5 Å². The van der Waals surface area contributed by atoms with Crippen molar-refractivity contribution in [3.05, 3.63) is 137 Å². The van der Waals surface area contributed by atoms with Crippen LogP contribution in [-0.2, 0) is 10.8 Å². The fourth-order valence-electron chi connectivity index (χ4n) is 5.14. The van der Waals surface area contributed by atoms with E-state index >= 15 is 4.39 Å². The van der Waals surface area contributed by atoms with Crippen molar-refractivity contribution in [3.63, 3.8) is 0 Å². The summed E-state index contributed by atoms with van der Waals surface area (Å²) < 4.78 is 15.4. The zero-order chi connectivity index (χ0) is 29.4. The molecule has 0 N–H and O–H groups in total. The van der Waals surface area contributed by atoms with Crippen LogP contribution in [0.1, 0.15) is 52.7 Å². The Morgan fingerprint density at radius 1 is 0.537 bits per heavy atom. The fourth-order valence-corrected chi connectivity index (χ4v) is 5.33. The van der Waals surface area contributed by atoms with Crippen LogP contribution < -0.4 is 4.90 Å². The summed E-state index contributed by atoms with van der Waals surface area (Å²) in [7, 11) is 0. The van der Waals surface area contributed by atoms with E-state index in [1.807, 2.05) is 36.4 Å². The first-order valence-corrected chi connectivity index (χ1v) is 14.5. The molecule has 0 spiro atoms. The number of rotatable bonds is 5. The molecule has 0 heterocycles. The molecule has 5 rings (SSSR count). The molecule has 1 nitrogen and oxygen atoms in total. The quantitative estimate of drug-likeness (QED) is 0.206. The molecule has 0 atom stereocenters. The van der Waals surface area contributed by atoms with Crippen molar-refractivity contribution in [2.24, 2.45) is 0 Å². The lowest BCUT2D eigenvalue weighted by Gasteiger charge is -2.33. The molecule has 0 amide bonds. The van der Waals surface area contributed by atoms with Gasteiger partial charge in [-0.2, -0.15) is 0 Å². The van der Waals surface area contributed by atoms with Gasteiger partial charge in [0.15, 0.2) is 0 Å². The van der Waals surface area contributed by atoms with Crippen LogP contribution in [0.3, 0.4) is 0 Å². The van der Waals surface area contributed by atoms with E-state index in [4.69, 9.17) is 11.6 Å². The van der Waals surface area contributed by atoms with Gasteiger partial charge in [-0.15, -0.1) is 0 Å². The molecule has 5 aromatic carbocycles. The van der Waals surface area contributed by atoms with Crippen molar-refractivity contribution >= 4 is 28.7 Å². The number of hydrogen-bond donors (Lipinski definition) is 0. The molecule has 3 heteroatoms. The maximum absolute atomic E-state index is 15.4. The van der Waals surface area contributed by atoms with Crippen LogP contribution in [0, 0.1) is 5.82 Å². The van der Waals surface area contributed by atoms with Crippen LogP contribution in [0.5, 0.6) is 0 Å². The zero-order valence-corrected chi connectivity index (χ0v) is 25.4. The first-order chi connectivity index (χ1) is 19.4. The van der Waals surface area contributed by atoms with Gasteiger partial charge in [-0.3, -0.25) is 0 Å². The highest BCUT2D eigenvalue weighted by Gasteiger charge is 2.27. The fraction of sp³-hybridized carbons (Fsp3) is 0.211. The summed E-state index contributed by atoms with van der Waals surface area (Å²) >= 11 is 6.60. The Morgan fingerprint density at radius 2 is 1.05 bits per heavy atom. The molecule has 0 bridgehead atoms. The van der Waals surface area contributed by atoms with Gasteiger partial charge in [-0.05, 0) is 81.6 Å². The van der Waals surface area contributed by atoms with Gasteiger partial charge in [0.25, 0.3) is 0 Å². The molecule has 0 fully saturated rings. The topological polar surface area (TPSA) is 3.24 Å². The lowest BCUT2D eigenvalue weighted by molar-refractivity contribution is 0.572. The Hall–Kier alpha value is -3.88. The van der Waals surface area contributed by atoms with Crippen LogP contribution in [0.2, 0.25) is 5.02 Å². The van der Waals surface area contributed by atoms with E-state index in [1.54, 1.807) is 12.1 Å². The van der Waals surface area contributed by atoms with Crippen molar-refractivity contribution in [3.8, 4) is 22.3 Å². The van der Waals surface area contributed by atoms with Crippen molar-refractivity contribution in [2.45, 2.75) is 52.4 Å². The van der Waals surface area contributed by atoms with Crippen molar-refractivity contribution < 1.29 is 4.39 Å². The molecule has 0 saturated carbocycles. The maximum atomic E-state index is 15.4. The van der Waals surface area contributed by atoms with E-state index in [0.717, 1.165) is 44.9 Å². The van der Waals surface area contributed by atoms with E-state index in [2.05, 4.69) is 113 Å². The van der Waals surface area contributed by atoms with Crippen molar-refractivity contribution in [1.29, 1.82) is 0 Å². The van der Waals surface area contributed by atoms with Crippen LogP contribution in [-0.4, -0.2) is 0 Å². The van der Waals surface area contributed by atoms with Crippen molar-refractivity contribution in [2.75, 3.05) is 4.90 Å². The summed E-state index contributed by atoms with van der Waals surface area (Å²) in [6.07, 6.45) is 0. The normalized spacial score (nSPS) is 11.9. The Morgan fingerprint density at radius 3 is 1.54 bits per heavy atom. The smallest absolute Gasteiger partial charge is 0.125 e. The van der Waals surface area contributed by atoms with Crippen LogP contribution >= 0.6 is 11.6 Å². The summed E-state index contributed by atoms with van der Waals surface area (Å²) in [6, 6.07) is 38.6. The highest BCUT2D eigenvalue weighted by molar-refractivity contribution is 6.30. The Balaban J connectivity index is 1.96. The zero-order valence-electron chi connectivity index (χ0n) is 24.7. The lowest BCUT2D eigenvalue weighted by atomic mass is 9.81. The monoisotopic (exact) mass is 561 g/mol. The lowest BCUT2D eigenvalue weighted by Crippen LogP contribution is -2.18. The predicted octanol–water partition coefficient (Wildman–Crippen LogP) is 11.9. The number of halogens is 2. The minimum atomic E-state index is -0.270. The molecule has 0 saturated heterocycles. The molecule has 0 aliphatic heterocycles. The summed E-state index contributed by atoms with van der Waals surface area (Å²) in [4.78, 5) is 2.17. The van der Waals surface area contributed by atoms with Gasteiger partial charge in [0.1, 0.15) is 5.82 Å². The third kappa shape index (κ3) is 6.24. The number of benzene rings is 5. The van der Waals surface area contributed by atoms with Gasteiger partial charge in [0.2, 0.25) is 0 Å². The molecule has 0 aliphatic rings. The predicted molar refractivity (Wildman–Crippen MR) is 174 cm³/mol. The Kier molecular flexibility index (Phi) is 7.81. The largest absolute Gasteiger partial charge is 0.309 e. The van der Waals surface area contributed by atoms with E-state index in [9.17, 15) is 0 Å². The second-order valence-corrected chi connectivity index (χ2v) is 13.1. The highest BCUT2D eigenvalue weighted by atomic mass is 35.5. The summed E-state index contributed by atoms with van der Waals surface area (Å²) in [6.45, 7) is 13.0. The molecule has 41 heavy (non-hydrogen) atoms. The van der Waals surface area contributed by atoms with Crippen molar-refractivity contribution in [1.82, 2.24) is 0 Å². The molecule has 208 valence electrons. The average molecular weight is 562 g/mol. The molecule has 5 aromatic rings. The van der Waals surface area contributed by atoms with Gasteiger partial charge in [0.05, 0.1) is 5.69 Å². The van der Waals surface area contributed by atoms with Crippen LogP contribution in [0.25, 0.3) is 22.3 Å². The van der Waals surface area contributed by atoms with Crippen LogP contribution in [0.4, 0.5) is 21.5 Å². The second-order valence-electron chi connectivity index (χ2n) is 12.7. The molecule has 0 unspecified atom stereocenters. The Labute approximate surface area is 249 Å².